The van der Waals surface area contributed by atoms with Gasteiger partial charge in [-0.3, -0.25) is 4.98 Å². The number of carbonyl (C=O) groups is 1. The van der Waals surface area contributed by atoms with Crippen molar-refractivity contribution in [2.75, 3.05) is 11.6 Å². The number of anilines is 1. The summed E-state index contributed by atoms with van der Waals surface area (Å²) < 4.78 is 0. The highest BCUT2D eigenvalue weighted by Crippen LogP contribution is 2.40. The molecule has 0 radical (unpaired) electrons. The summed E-state index contributed by atoms with van der Waals surface area (Å²) >= 11 is 1.62. The second-order valence-electron chi connectivity index (χ2n) is 5.87. The summed E-state index contributed by atoms with van der Waals surface area (Å²) in [7, 11) is 0. The fourth-order valence-corrected chi connectivity index (χ4v) is 3.19. The lowest BCUT2D eigenvalue weighted by Crippen LogP contribution is -2.34. The van der Waals surface area contributed by atoms with E-state index in [1.165, 1.54) is 0 Å². The molecular weight excluding hydrogens is 306 g/mol. The second kappa shape index (κ2) is 7.04. The van der Waals surface area contributed by atoms with Crippen molar-refractivity contribution < 1.29 is 4.79 Å². The van der Waals surface area contributed by atoms with Gasteiger partial charge in [-0.1, -0.05) is 12.1 Å². The minimum absolute atomic E-state index is 0.0173. The van der Waals surface area contributed by atoms with Crippen molar-refractivity contribution in [3.63, 3.8) is 0 Å². The van der Waals surface area contributed by atoms with Gasteiger partial charge in [0.2, 0.25) is 0 Å². The van der Waals surface area contributed by atoms with Crippen LogP contribution in [0.25, 0.3) is 0 Å². The third-order valence-corrected chi connectivity index (χ3v) is 4.79. The van der Waals surface area contributed by atoms with Gasteiger partial charge in [-0.2, -0.15) is 0 Å². The summed E-state index contributed by atoms with van der Waals surface area (Å²) in [5.74, 6) is 0.492. The van der Waals surface area contributed by atoms with Crippen LogP contribution in [0.3, 0.4) is 0 Å². The SMILES string of the molecule is CSc1ccccc1NC(=O)N[C@H](c1cc(C)ccn1)C1CC1. The Morgan fingerprint density at radius 3 is 2.78 bits per heavy atom. The number of pyridine rings is 1. The summed E-state index contributed by atoms with van der Waals surface area (Å²) in [4.78, 5) is 17.9. The van der Waals surface area contributed by atoms with Crippen LogP contribution in [0.4, 0.5) is 10.5 Å². The van der Waals surface area contributed by atoms with Crippen molar-refractivity contribution in [1.82, 2.24) is 10.3 Å². The maximum atomic E-state index is 12.4. The molecular formula is C18H21N3OS. The Morgan fingerprint density at radius 2 is 2.09 bits per heavy atom. The van der Waals surface area contributed by atoms with Crippen molar-refractivity contribution in [1.29, 1.82) is 0 Å². The number of nitrogens with zero attached hydrogens (tertiary/aromatic N) is 1. The highest BCUT2D eigenvalue weighted by atomic mass is 32.2. The van der Waals surface area contributed by atoms with Gasteiger partial charge in [-0.25, -0.2) is 4.79 Å². The minimum atomic E-state index is -0.174. The van der Waals surface area contributed by atoms with E-state index in [1.807, 2.05) is 49.7 Å². The first-order chi connectivity index (χ1) is 11.2. The van der Waals surface area contributed by atoms with Gasteiger partial charge in [0.1, 0.15) is 0 Å². The zero-order valence-electron chi connectivity index (χ0n) is 13.4. The van der Waals surface area contributed by atoms with E-state index < -0.39 is 0 Å². The van der Waals surface area contributed by atoms with Crippen molar-refractivity contribution in [2.45, 2.75) is 30.7 Å². The average Bonchev–Trinajstić information content (AvgIpc) is 3.38. The van der Waals surface area contributed by atoms with Crippen LogP contribution in [-0.4, -0.2) is 17.3 Å². The first kappa shape index (κ1) is 15.9. The highest BCUT2D eigenvalue weighted by molar-refractivity contribution is 7.98. The van der Waals surface area contributed by atoms with Crippen molar-refractivity contribution in [2.24, 2.45) is 5.92 Å². The maximum Gasteiger partial charge on any atom is 0.319 e. The summed E-state index contributed by atoms with van der Waals surface area (Å²) in [5.41, 5.74) is 2.95. The monoisotopic (exact) mass is 327 g/mol. The predicted octanol–water partition coefficient (Wildman–Crippen LogP) is 4.38. The van der Waals surface area contributed by atoms with E-state index >= 15 is 0 Å². The summed E-state index contributed by atoms with van der Waals surface area (Å²) in [5, 5.41) is 6.06. The number of urea groups is 1. The average molecular weight is 327 g/mol. The van der Waals surface area contributed by atoms with Crippen LogP contribution in [0.2, 0.25) is 0 Å². The van der Waals surface area contributed by atoms with Crippen LogP contribution in [0.15, 0.2) is 47.5 Å². The van der Waals surface area contributed by atoms with E-state index in [4.69, 9.17) is 0 Å². The first-order valence-corrected chi connectivity index (χ1v) is 9.03. The molecule has 1 fully saturated rings. The van der Waals surface area contributed by atoms with Crippen molar-refractivity contribution in [3.05, 3.63) is 53.9 Å². The molecule has 23 heavy (non-hydrogen) atoms. The molecule has 1 atom stereocenters. The van der Waals surface area contributed by atoms with Gasteiger partial charge in [0, 0.05) is 11.1 Å². The number of amides is 2. The van der Waals surface area contributed by atoms with E-state index in [9.17, 15) is 4.79 Å². The lowest BCUT2D eigenvalue weighted by molar-refractivity contribution is 0.246. The molecule has 1 saturated carbocycles. The van der Waals surface area contributed by atoms with Gasteiger partial charge in [-0.05, 0) is 61.8 Å². The van der Waals surface area contributed by atoms with Crippen LogP contribution in [0.5, 0.6) is 0 Å². The Kier molecular flexibility index (Phi) is 4.86. The Hall–Kier alpha value is -2.01. The number of thioether (sulfide) groups is 1. The van der Waals surface area contributed by atoms with Crippen molar-refractivity contribution >= 4 is 23.5 Å². The number of benzene rings is 1. The minimum Gasteiger partial charge on any atom is -0.329 e. The number of hydrogen-bond donors (Lipinski definition) is 2. The molecule has 1 aliphatic rings. The quantitative estimate of drug-likeness (QED) is 0.801. The number of hydrogen-bond acceptors (Lipinski definition) is 3. The maximum absolute atomic E-state index is 12.4. The number of para-hydroxylation sites is 1. The van der Waals surface area contributed by atoms with E-state index in [0.29, 0.717) is 5.92 Å². The molecule has 0 saturated heterocycles. The topological polar surface area (TPSA) is 54.0 Å². The predicted molar refractivity (Wildman–Crippen MR) is 94.8 cm³/mol. The summed E-state index contributed by atoms with van der Waals surface area (Å²) in [6.07, 6.45) is 6.09. The molecule has 2 N–H and O–H groups in total. The third-order valence-electron chi connectivity index (χ3n) is 3.99. The number of aromatic nitrogens is 1. The molecule has 0 bridgehead atoms. The summed E-state index contributed by atoms with van der Waals surface area (Å²) in [6, 6.07) is 11.7. The standard InChI is InChI=1S/C18H21N3OS/c1-12-9-10-19-15(11-12)17(13-7-8-13)21-18(22)20-14-5-3-4-6-16(14)23-2/h3-6,9-11,13,17H,7-8H2,1-2H3,(H2,20,21,22)/t17-/m0/s1. The lowest BCUT2D eigenvalue weighted by Gasteiger charge is -2.19. The molecule has 2 amide bonds. The van der Waals surface area contributed by atoms with Crippen LogP contribution in [-0.2, 0) is 0 Å². The Bertz CT molecular complexity index is 700. The number of nitrogens with one attached hydrogen (secondary N) is 2. The van der Waals surface area contributed by atoms with E-state index in [1.54, 1.807) is 11.8 Å². The zero-order valence-corrected chi connectivity index (χ0v) is 14.2. The van der Waals surface area contributed by atoms with Gasteiger partial charge in [0.05, 0.1) is 17.4 Å². The van der Waals surface area contributed by atoms with Gasteiger partial charge >= 0.3 is 6.03 Å². The third kappa shape index (κ3) is 4.05. The van der Waals surface area contributed by atoms with Gasteiger partial charge in [-0.15, -0.1) is 11.8 Å². The molecule has 1 heterocycles. The number of aryl methyl sites for hydroxylation is 1. The molecule has 2 aromatic rings. The molecule has 120 valence electrons. The zero-order chi connectivity index (χ0) is 16.2. The fraction of sp³-hybridized carbons (Fsp3) is 0.333. The normalized spacial score (nSPS) is 15.0. The van der Waals surface area contributed by atoms with Crippen molar-refractivity contribution in [3.8, 4) is 0 Å². The van der Waals surface area contributed by atoms with E-state index in [0.717, 1.165) is 34.7 Å². The van der Waals surface area contributed by atoms with E-state index in [-0.39, 0.29) is 12.1 Å². The van der Waals surface area contributed by atoms with Crippen LogP contribution in [0, 0.1) is 12.8 Å². The van der Waals surface area contributed by atoms with Crippen LogP contribution >= 0.6 is 11.8 Å². The van der Waals surface area contributed by atoms with Crippen LogP contribution < -0.4 is 10.6 Å². The number of rotatable bonds is 5. The molecule has 1 aromatic carbocycles. The largest absolute Gasteiger partial charge is 0.329 e. The fourth-order valence-electron chi connectivity index (χ4n) is 2.64. The smallest absolute Gasteiger partial charge is 0.319 e. The molecule has 5 heteroatoms. The molecule has 4 nitrogen and oxygen atoms in total. The summed E-state index contributed by atoms with van der Waals surface area (Å²) in [6.45, 7) is 2.05. The highest BCUT2D eigenvalue weighted by Gasteiger charge is 2.34. The van der Waals surface area contributed by atoms with E-state index in [2.05, 4.69) is 21.7 Å². The van der Waals surface area contributed by atoms with Gasteiger partial charge < -0.3 is 10.6 Å². The number of carbonyl (C=O) groups excluding carboxylic acids is 1. The Morgan fingerprint density at radius 1 is 1.30 bits per heavy atom. The molecule has 1 aliphatic carbocycles. The molecule has 0 aliphatic heterocycles. The molecule has 3 rings (SSSR count). The molecule has 1 aromatic heterocycles. The Labute approximate surface area is 141 Å². The Balaban J connectivity index is 1.72. The van der Waals surface area contributed by atoms with Gasteiger partial charge in [0.25, 0.3) is 0 Å². The van der Waals surface area contributed by atoms with Crippen LogP contribution in [0.1, 0.15) is 30.1 Å². The first-order valence-electron chi connectivity index (χ1n) is 7.80. The molecule has 0 unspecified atom stereocenters. The molecule has 0 spiro atoms. The lowest BCUT2D eigenvalue weighted by atomic mass is 10.1. The van der Waals surface area contributed by atoms with Gasteiger partial charge in [0.15, 0.2) is 0 Å². The second-order valence-corrected chi connectivity index (χ2v) is 6.72.